The van der Waals surface area contributed by atoms with Gasteiger partial charge in [0.25, 0.3) is 0 Å². The quantitative estimate of drug-likeness (QED) is 0.684. The van der Waals surface area contributed by atoms with E-state index in [-0.39, 0.29) is 12.3 Å². The van der Waals surface area contributed by atoms with Crippen molar-refractivity contribution < 1.29 is 4.79 Å². The summed E-state index contributed by atoms with van der Waals surface area (Å²) in [5.74, 6) is -0.0220. The Labute approximate surface area is 117 Å². The van der Waals surface area contributed by atoms with Crippen LogP contribution < -0.4 is 11.1 Å². The van der Waals surface area contributed by atoms with Crippen LogP contribution in [0.25, 0.3) is 0 Å². The Hall–Kier alpha value is -2.37. The van der Waals surface area contributed by atoms with Crippen molar-refractivity contribution in [1.29, 1.82) is 0 Å². The lowest BCUT2D eigenvalue weighted by molar-refractivity contribution is -0.120. The first-order valence-electron chi connectivity index (χ1n) is 6.61. The summed E-state index contributed by atoms with van der Waals surface area (Å²) in [4.78, 5) is 15.8. The molecule has 0 aliphatic heterocycles. The number of pyridine rings is 1. The summed E-state index contributed by atoms with van der Waals surface area (Å²) in [6.07, 6.45) is 5.47. The maximum atomic E-state index is 11.7. The molecule has 0 aliphatic rings. The molecule has 0 unspecified atom stereocenters. The number of hydrogen-bond acceptors (Lipinski definition) is 4. The maximum absolute atomic E-state index is 11.7. The van der Waals surface area contributed by atoms with Gasteiger partial charge in [0, 0.05) is 17.9 Å². The minimum atomic E-state index is -0.0220. The number of rotatable bonds is 6. The van der Waals surface area contributed by atoms with Gasteiger partial charge in [-0.3, -0.25) is 14.9 Å². The van der Waals surface area contributed by atoms with Gasteiger partial charge in [-0.15, -0.1) is 0 Å². The summed E-state index contributed by atoms with van der Waals surface area (Å²) in [5, 5.41) is 9.75. The first kappa shape index (κ1) is 14.0. The van der Waals surface area contributed by atoms with Gasteiger partial charge in [-0.1, -0.05) is 0 Å². The Morgan fingerprint density at radius 2 is 2.25 bits per heavy atom. The number of nitrogens with one attached hydrogen (secondary N) is 2. The molecule has 2 rings (SSSR count). The molecule has 0 bridgehead atoms. The molecule has 6 heteroatoms. The molecule has 4 N–H and O–H groups in total. The van der Waals surface area contributed by atoms with Gasteiger partial charge in [-0.2, -0.15) is 5.10 Å². The first-order chi connectivity index (χ1) is 9.65. The fourth-order valence-electron chi connectivity index (χ4n) is 1.90. The topological polar surface area (TPSA) is 96.7 Å². The number of amides is 1. The highest BCUT2D eigenvalue weighted by Crippen LogP contribution is 2.05. The van der Waals surface area contributed by atoms with E-state index in [9.17, 15) is 4.79 Å². The molecule has 6 nitrogen and oxygen atoms in total. The fourth-order valence-corrected chi connectivity index (χ4v) is 1.90. The van der Waals surface area contributed by atoms with Crippen LogP contribution in [0.2, 0.25) is 0 Å². The van der Waals surface area contributed by atoms with E-state index < -0.39 is 0 Å². The largest absolute Gasteiger partial charge is 0.397 e. The van der Waals surface area contributed by atoms with E-state index in [1.807, 2.05) is 13.1 Å². The molecule has 1 amide bonds. The molecular weight excluding hydrogens is 254 g/mol. The second-order valence-electron chi connectivity index (χ2n) is 4.73. The number of hydrogen-bond donors (Lipinski definition) is 3. The van der Waals surface area contributed by atoms with Gasteiger partial charge in [-0.25, -0.2) is 0 Å². The lowest BCUT2D eigenvalue weighted by atomic mass is 10.1. The third-order valence-corrected chi connectivity index (χ3v) is 3.07. The van der Waals surface area contributed by atoms with E-state index in [1.165, 1.54) is 5.56 Å². The van der Waals surface area contributed by atoms with Crippen molar-refractivity contribution >= 4 is 11.6 Å². The molecular formula is C14H19N5O. The Morgan fingerprint density at radius 3 is 2.90 bits per heavy atom. The van der Waals surface area contributed by atoms with Gasteiger partial charge in [0.1, 0.15) is 0 Å². The van der Waals surface area contributed by atoms with Gasteiger partial charge < -0.3 is 11.1 Å². The number of aromatic nitrogens is 3. The van der Waals surface area contributed by atoms with E-state index in [2.05, 4.69) is 20.5 Å². The Morgan fingerprint density at radius 1 is 1.40 bits per heavy atom. The summed E-state index contributed by atoms with van der Waals surface area (Å²) >= 11 is 0. The Kier molecular flexibility index (Phi) is 4.70. The fraction of sp³-hybridized carbons (Fsp3) is 0.357. The predicted octanol–water partition coefficient (Wildman–Crippen LogP) is 0.987. The van der Waals surface area contributed by atoms with E-state index in [1.54, 1.807) is 18.3 Å². The van der Waals surface area contributed by atoms with Crippen molar-refractivity contribution in [3.8, 4) is 0 Å². The maximum Gasteiger partial charge on any atom is 0.226 e. The minimum absolute atomic E-state index is 0.0220. The van der Waals surface area contributed by atoms with Crippen LogP contribution in [0, 0.1) is 6.92 Å². The molecule has 0 aliphatic carbocycles. The van der Waals surface area contributed by atoms with Crippen molar-refractivity contribution in [3.63, 3.8) is 0 Å². The lowest BCUT2D eigenvalue weighted by Gasteiger charge is -2.05. The molecule has 0 fully saturated rings. The van der Waals surface area contributed by atoms with Crippen molar-refractivity contribution in [3.05, 3.63) is 41.5 Å². The highest BCUT2D eigenvalue weighted by atomic mass is 16.1. The average molecular weight is 273 g/mol. The number of nitrogens with zero attached hydrogens (tertiary/aromatic N) is 2. The van der Waals surface area contributed by atoms with Gasteiger partial charge in [-0.05, 0) is 37.5 Å². The van der Waals surface area contributed by atoms with Gasteiger partial charge >= 0.3 is 0 Å². The van der Waals surface area contributed by atoms with Crippen LogP contribution in [-0.2, 0) is 17.6 Å². The molecule has 0 atom stereocenters. The zero-order valence-corrected chi connectivity index (χ0v) is 11.5. The normalized spacial score (nSPS) is 10.4. The number of nitrogen functional groups attached to an aromatic ring is 1. The number of H-pyrrole nitrogens is 1. The Balaban J connectivity index is 1.68. The van der Waals surface area contributed by atoms with E-state index in [4.69, 9.17) is 5.73 Å². The van der Waals surface area contributed by atoms with Crippen molar-refractivity contribution in [2.24, 2.45) is 0 Å². The number of carbonyl (C=O) groups is 1. The van der Waals surface area contributed by atoms with Crippen LogP contribution in [0.3, 0.4) is 0 Å². The number of aromatic amines is 1. The summed E-state index contributed by atoms with van der Waals surface area (Å²) < 4.78 is 0. The molecule has 106 valence electrons. The van der Waals surface area contributed by atoms with E-state index in [0.717, 1.165) is 24.2 Å². The van der Waals surface area contributed by atoms with Crippen LogP contribution in [0.15, 0.2) is 24.5 Å². The number of aryl methyl sites for hydroxylation is 2. The molecule has 20 heavy (non-hydrogen) atoms. The molecule has 2 aromatic heterocycles. The van der Waals surface area contributed by atoms with Gasteiger partial charge in [0.15, 0.2) is 0 Å². The van der Waals surface area contributed by atoms with Crippen LogP contribution in [0.5, 0.6) is 0 Å². The number of anilines is 1. The Bertz CT molecular complexity index is 561. The standard InChI is InChI=1S/C14H19N5O/c1-10-11(8-18-19-10)3-2-6-16-14(20)7-13-5-4-12(15)9-17-13/h4-5,8-9H,2-3,6-7,15H2,1H3,(H,16,20)(H,18,19). The molecule has 2 heterocycles. The van der Waals surface area contributed by atoms with Gasteiger partial charge in [0.2, 0.25) is 5.91 Å². The zero-order chi connectivity index (χ0) is 14.4. The highest BCUT2D eigenvalue weighted by Gasteiger charge is 2.04. The number of carbonyl (C=O) groups excluding carboxylic acids is 1. The van der Waals surface area contributed by atoms with E-state index >= 15 is 0 Å². The van der Waals surface area contributed by atoms with Crippen LogP contribution in [0.4, 0.5) is 5.69 Å². The summed E-state index contributed by atoms with van der Waals surface area (Å²) in [7, 11) is 0. The molecule has 0 saturated carbocycles. The molecule has 0 saturated heterocycles. The highest BCUT2D eigenvalue weighted by molar-refractivity contribution is 5.78. The summed E-state index contributed by atoms with van der Waals surface area (Å²) in [6, 6.07) is 3.51. The second kappa shape index (κ2) is 6.70. The van der Waals surface area contributed by atoms with Gasteiger partial charge in [0.05, 0.1) is 24.5 Å². The third-order valence-electron chi connectivity index (χ3n) is 3.07. The molecule has 0 aromatic carbocycles. The van der Waals surface area contributed by atoms with Crippen molar-refractivity contribution in [2.45, 2.75) is 26.2 Å². The molecule has 0 radical (unpaired) electrons. The van der Waals surface area contributed by atoms with E-state index in [0.29, 0.717) is 12.2 Å². The smallest absolute Gasteiger partial charge is 0.226 e. The molecule has 2 aromatic rings. The first-order valence-corrected chi connectivity index (χ1v) is 6.61. The summed E-state index contributed by atoms with van der Waals surface area (Å²) in [6.45, 7) is 2.64. The SMILES string of the molecule is Cc1[nH]ncc1CCCNC(=O)Cc1ccc(N)cn1. The second-order valence-corrected chi connectivity index (χ2v) is 4.73. The van der Waals surface area contributed by atoms with Crippen molar-refractivity contribution in [2.75, 3.05) is 12.3 Å². The van der Waals surface area contributed by atoms with Crippen molar-refractivity contribution in [1.82, 2.24) is 20.5 Å². The molecule has 0 spiro atoms. The number of nitrogens with two attached hydrogens (primary N) is 1. The lowest BCUT2D eigenvalue weighted by Crippen LogP contribution is -2.26. The summed E-state index contributed by atoms with van der Waals surface area (Å²) in [5.41, 5.74) is 9.15. The average Bonchev–Trinajstić information content (AvgIpc) is 2.83. The monoisotopic (exact) mass is 273 g/mol. The van der Waals surface area contributed by atoms with Crippen LogP contribution >= 0.6 is 0 Å². The zero-order valence-electron chi connectivity index (χ0n) is 11.5. The minimum Gasteiger partial charge on any atom is -0.397 e. The third kappa shape index (κ3) is 4.08. The van der Waals surface area contributed by atoms with Crippen LogP contribution in [-0.4, -0.2) is 27.6 Å². The van der Waals surface area contributed by atoms with Crippen LogP contribution in [0.1, 0.15) is 23.4 Å². The predicted molar refractivity (Wildman–Crippen MR) is 77.0 cm³/mol.